The van der Waals surface area contributed by atoms with Gasteiger partial charge in [0.2, 0.25) is 0 Å². The van der Waals surface area contributed by atoms with Crippen molar-refractivity contribution in [1.29, 1.82) is 0 Å². The maximum Gasteiger partial charge on any atom is 0.270 e. The van der Waals surface area contributed by atoms with Gasteiger partial charge in [-0.2, -0.15) is 0 Å². The van der Waals surface area contributed by atoms with Gasteiger partial charge in [0.05, 0.1) is 12.2 Å². The summed E-state index contributed by atoms with van der Waals surface area (Å²) in [7, 11) is 2.04. The lowest BCUT2D eigenvalue weighted by atomic mass is 10.2. The van der Waals surface area contributed by atoms with E-state index in [0.29, 0.717) is 12.2 Å². The molecule has 7 nitrogen and oxygen atoms in total. The Hall–Kier alpha value is -3.32. The number of rotatable bonds is 9. The number of hydrogen-bond acceptors (Lipinski definition) is 6. The van der Waals surface area contributed by atoms with Crippen LogP contribution in [-0.2, 0) is 13.1 Å². The maximum absolute atomic E-state index is 12.1. The quantitative estimate of drug-likeness (QED) is 0.604. The molecular weight excluding hydrogens is 366 g/mol. The number of hydrogen-bond donors (Lipinski definition) is 1. The Morgan fingerprint density at radius 1 is 1.10 bits per heavy atom. The summed E-state index contributed by atoms with van der Waals surface area (Å²) in [5.41, 5.74) is 2.46. The Morgan fingerprint density at radius 3 is 2.76 bits per heavy atom. The molecule has 0 aliphatic heterocycles. The summed E-state index contributed by atoms with van der Waals surface area (Å²) in [6.45, 7) is 3.80. The third-order valence-electron chi connectivity index (χ3n) is 4.18. The first-order valence-electron chi connectivity index (χ1n) is 9.48. The largest absolute Gasteiger partial charge is 0.489 e. The second-order valence-corrected chi connectivity index (χ2v) is 6.87. The normalized spacial score (nSPS) is 11.8. The Bertz CT molecular complexity index is 905. The van der Waals surface area contributed by atoms with E-state index in [9.17, 15) is 4.79 Å². The second kappa shape index (κ2) is 10.3. The van der Waals surface area contributed by atoms with Crippen LogP contribution in [-0.4, -0.2) is 45.5 Å². The zero-order chi connectivity index (χ0) is 20.5. The summed E-state index contributed by atoms with van der Waals surface area (Å²) in [6.07, 6.45) is 6.57. The van der Waals surface area contributed by atoms with Crippen LogP contribution in [0.2, 0.25) is 0 Å². The third kappa shape index (κ3) is 6.65. The van der Waals surface area contributed by atoms with Crippen molar-refractivity contribution in [2.24, 2.45) is 0 Å². The van der Waals surface area contributed by atoms with Crippen LogP contribution in [0.3, 0.4) is 0 Å². The second-order valence-electron chi connectivity index (χ2n) is 6.87. The number of carbonyl (C=O) groups is 1. The first-order chi connectivity index (χ1) is 14.1. The van der Waals surface area contributed by atoms with Crippen LogP contribution in [0.5, 0.6) is 5.75 Å². The van der Waals surface area contributed by atoms with Crippen molar-refractivity contribution in [1.82, 2.24) is 25.2 Å². The van der Waals surface area contributed by atoms with Crippen LogP contribution in [0.25, 0.3) is 0 Å². The maximum atomic E-state index is 12.1. The summed E-state index contributed by atoms with van der Waals surface area (Å²) in [5.74, 6) is 0.565. The number of nitrogens with zero attached hydrogens (tertiary/aromatic N) is 4. The zero-order valence-electron chi connectivity index (χ0n) is 16.7. The number of benzene rings is 1. The molecule has 7 heteroatoms. The highest BCUT2D eigenvalue weighted by molar-refractivity contribution is 5.92. The van der Waals surface area contributed by atoms with E-state index in [0.717, 1.165) is 30.1 Å². The van der Waals surface area contributed by atoms with Crippen LogP contribution in [0.4, 0.5) is 0 Å². The summed E-state index contributed by atoms with van der Waals surface area (Å²) in [6, 6.07) is 13.2. The van der Waals surface area contributed by atoms with Crippen LogP contribution < -0.4 is 10.1 Å². The summed E-state index contributed by atoms with van der Waals surface area (Å²) in [4.78, 5) is 26.7. The fourth-order valence-electron chi connectivity index (χ4n) is 2.87. The van der Waals surface area contributed by atoms with Crippen molar-refractivity contribution in [2.75, 3.05) is 13.6 Å². The van der Waals surface area contributed by atoms with E-state index >= 15 is 0 Å². The van der Waals surface area contributed by atoms with Gasteiger partial charge in [-0.1, -0.05) is 18.2 Å². The molecule has 0 fully saturated rings. The van der Waals surface area contributed by atoms with Crippen LogP contribution in [0.1, 0.15) is 28.7 Å². The highest BCUT2D eigenvalue weighted by atomic mass is 16.5. The summed E-state index contributed by atoms with van der Waals surface area (Å²) >= 11 is 0. The highest BCUT2D eigenvalue weighted by Crippen LogP contribution is 2.16. The molecule has 0 bridgehead atoms. The minimum Gasteiger partial charge on any atom is -0.489 e. The minimum absolute atomic E-state index is 0.171. The van der Waals surface area contributed by atoms with Gasteiger partial charge in [0.15, 0.2) is 0 Å². The third-order valence-corrected chi connectivity index (χ3v) is 4.18. The predicted octanol–water partition coefficient (Wildman–Crippen LogP) is 2.70. The van der Waals surface area contributed by atoms with Crippen LogP contribution in [0.15, 0.2) is 67.3 Å². The molecule has 2 heterocycles. The van der Waals surface area contributed by atoms with E-state index in [1.165, 1.54) is 0 Å². The van der Waals surface area contributed by atoms with Gasteiger partial charge in [0.25, 0.3) is 5.91 Å². The monoisotopic (exact) mass is 391 g/mol. The van der Waals surface area contributed by atoms with E-state index in [4.69, 9.17) is 4.74 Å². The average molecular weight is 391 g/mol. The van der Waals surface area contributed by atoms with Crippen molar-refractivity contribution in [3.05, 3.63) is 84.2 Å². The molecule has 0 spiro atoms. The van der Waals surface area contributed by atoms with Gasteiger partial charge < -0.3 is 10.1 Å². The van der Waals surface area contributed by atoms with E-state index in [1.807, 2.05) is 32.2 Å². The lowest BCUT2D eigenvalue weighted by Gasteiger charge is -2.18. The smallest absolute Gasteiger partial charge is 0.270 e. The SMILES string of the molecule is CC(CNC(=O)c1ccccn1)Oc1cccc(CN(C)Cc2cnccn2)c1. The zero-order valence-corrected chi connectivity index (χ0v) is 16.7. The Labute approximate surface area is 170 Å². The molecule has 150 valence electrons. The molecular formula is C22H25N5O2. The van der Waals surface area contributed by atoms with Gasteiger partial charge in [-0.3, -0.25) is 24.6 Å². The molecule has 1 unspecified atom stereocenters. The lowest BCUT2D eigenvalue weighted by Crippen LogP contribution is -2.34. The average Bonchev–Trinajstić information content (AvgIpc) is 2.73. The topological polar surface area (TPSA) is 80.2 Å². The number of aromatic nitrogens is 3. The molecule has 0 saturated heterocycles. The Kier molecular flexibility index (Phi) is 7.24. The van der Waals surface area contributed by atoms with Gasteiger partial charge in [0, 0.05) is 37.9 Å². The summed E-state index contributed by atoms with van der Waals surface area (Å²) < 4.78 is 5.97. The van der Waals surface area contributed by atoms with E-state index < -0.39 is 0 Å². The molecule has 1 atom stereocenters. The lowest BCUT2D eigenvalue weighted by molar-refractivity contribution is 0.0927. The standard InChI is InChI=1S/C22H25N5O2/c1-17(13-26-22(28)21-8-3-4-9-25-21)29-20-7-5-6-18(12-20)15-27(2)16-19-14-23-10-11-24-19/h3-12,14,17H,13,15-16H2,1-2H3,(H,26,28). The van der Waals surface area contributed by atoms with Crippen molar-refractivity contribution >= 4 is 5.91 Å². The number of carbonyl (C=O) groups excluding carboxylic acids is 1. The molecule has 0 aliphatic rings. The first-order valence-corrected chi connectivity index (χ1v) is 9.48. The molecule has 2 aromatic heterocycles. The van der Waals surface area contributed by atoms with Gasteiger partial charge in [0.1, 0.15) is 17.5 Å². The fraction of sp³-hybridized carbons (Fsp3) is 0.273. The number of ether oxygens (including phenoxy) is 1. The predicted molar refractivity (Wildman–Crippen MR) is 110 cm³/mol. The van der Waals surface area contributed by atoms with Crippen molar-refractivity contribution in [3.8, 4) is 5.75 Å². The van der Waals surface area contributed by atoms with E-state index in [1.54, 1.807) is 43.0 Å². The number of pyridine rings is 1. The van der Waals surface area contributed by atoms with Gasteiger partial charge in [-0.15, -0.1) is 0 Å². The molecule has 29 heavy (non-hydrogen) atoms. The fourth-order valence-corrected chi connectivity index (χ4v) is 2.87. The van der Waals surface area contributed by atoms with Gasteiger partial charge in [-0.05, 0) is 43.8 Å². The molecule has 1 N–H and O–H groups in total. The van der Waals surface area contributed by atoms with E-state index in [-0.39, 0.29) is 12.0 Å². The highest BCUT2D eigenvalue weighted by Gasteiger charge is 2.10. The van der Waals surface area contributed by atoms with Crippen LogP contribution >= 0.6 is 0 Å². The molecule has 0 radical (unpaired) electrons. The van der Waals surface area contributed by atoms with E-state index in [2.05, 4.69) is 31.2 Å². The van der Waals surface area contributed by atoms with Crippen molar-refractivity contribution in [3.63, 3.8) is 0 Å². The molecule has 1 aromatic carbocycles. The Morgan fingerprint density at radius 2 is 2.00 bits per heavy atom. The molecule has 0 saturated carbocycles. The Balaban J connectivity index is 1.49. The number of amides is 1. The molecule has 3 rings (SSSR count). The minimum atomic E-state index is -0.208. The van der Waals surface area contributed by atoms with Crippen molar-refractivity contribution in [2.45, 2.75) is 26.1 Å². The number of nitrogens with one attached hydrogen (secondary N) is 1. The molecule has 1 amide bonds. The van der Waals surface area contributed by atoms with Gasteiger partial charge in [-0.25, -0.2) is 0 Å². The first kappa shape index (κ1) is 20.4. The molecule has 0 aliphatic carbocycles. The van der Waals surface area contributed by atoms with Gasteiger partial charge >= 0.3 is 0 Å². The van der Waals surface area contributed by atoms with Crippen molar-refractivity contribution < 1.29 is 9.53 Å². The summed E-state index contributed by atoms with van der Waals surface area (Å²) in [5, 5.41) is 2.85. The molecule has 3 aromatic rings. The van der Waals surface area contributed by atoms with Crippen LogP contribution in [0, 0.1) is 0 Å².